The van der Waals surface area contributed by atoms with Crippen molar-refractivity contribution in [1.82, 2.24) is 10.6 Å². The van der Waals surface area contributed by atoms with Crippen molar-refractivity contribution in [3.63, 3.8) is 0 Å². The lowest BCUT2D eigenvalue weighted by Gasteiger charge is -2.09. The van der Waals surface area contributed by atoms with Crippen LogP contribution in [-0.4, -0.2) is 31.5 Å². The summed E-state index contributed by atoms with van der Waals surface area (Å²) in [6.45, 7) is 2.74. The summed E-state index contributed by atoms with van der Waals surface area (Å²) in [7, 11) is 0. The van der Waals surface area contributed by atoms with E-state index in [1.165, 1.54) is 5.56 Å². The Morgan fingerprint density at radius 2 is 1.62 bits per heavy atom. The zero-order valence-electron chi connectivity index (χ0n) is 14.8. The van der Waals surface area contributed by atoms with Gasteiger partial charge in [0, 0.05) is 23.7 Å². The van der Waals surface area contributed by atoms with E-state index in [-0.39, 0.29) is 18.4 Å². The minimum Gasteiger partial charge on any atom is -0.484 e. The second kappa shape index (κ2) is 10.5. The van der Waals surface area contributed by atoms with Crippen molar-refractivity contribution in [2.45, 2.75) is 19.8 Å². The third-order valence-corrected chi connectivity index (χ3v) is 3.92. The van der Waals surface area contributed by atoms with Crippen LogP contribution in [-0.2, 0) is 11.2 Å². The highest BCUT2D eigenvalue weighted by atomic mass is 35.5. The van der Waals surface area contributed by atoms with E-state index in [1.54, 1.807) is 24.3 Å². The number of hydrogen-bond donors (Lipinski definition) is 2. The molecule has 2 N–H and O–H groups in total. The molecular formula is C20H23ClN2O3. The largest absolute Gasteiger partial charge is 0.484 e. The minimum atomic E-state index is -0.233. The molecule has 0 aliphatic carbocycles. The Morgan fingerprint density at radius 1 is 0.962 bits per heavy atom. The molecule has 2 amide bonds. The van der Waals surface area contributed by atoms with Gasteiger partial charge in [0.15, 0.2) is 6.61 Å². The first kappa shape index (κ1) is 19.8. The predicted octanol–water partition coefficient (Wildman–Crippen LogP) is 3.22. The van der Waals surface area contributed by atoms with E-state index in [0.717, 1.165) is 12.8 Å². The molecule has 0 atom stereocenters. The highest BCUT2D eigenvalue weighted by Crippen LogP contribution is 2.13. The molecule has 0 aliphatic heterocycles. The molecule has 0 radical (unpaired) electrons. The van der Waals surface area contributed by atoms with Gasteiger partial charge in [-0.05, 0) is 48.4 Å². The van der Waals surface area contributed by atoms with Crippen molar-refractivity contribution in [1.29, 1.82) is 0 Å². The predicted molar refractivity (Wildman–Crippen MR) is 103 cm³/mol. The first-order valence-electron chi connectivity index (χ1n) is 8.60. The molecule has 6 heteroatoms. The van der Waals surface area contributed by atoms with Gasteiger partial charge in [-0.15, -0.1) is 0 Å². The Hall–Kier alpha value is -2.53. The number of ether oxygens (including phenoxy) is 1. The number of hydrogen-bond acceptors (Lipinski definition) is 3. The molecular weight excluding hydrogens is 352 g/mol. The van der Waals surface area contributed by atoms with Crippen LogP contribution < -0.4 is 15.4 Å². The Balaban J connectivity index is 1.62. The first-order chi connectivity index (χ1) is 12.6. The molecule has 138 valence electrons. The maximum Gasteiger partial charge on any atom is 0.258 e. The van der Waals surface area contributed by atoms with Crippen LogP contribution in [0.3, 0.4) is 0 Å². The van der Waals surface area contributed by atoms with Gasteiger partial charge in [-0.1, -0.05) is 37.1 Å². The van der Waals surface area contributed by atoms with Gasteiger partial charge < -0.3 is 15.4 Å². The number of halogens is 1. The standard InChI is InChI=1S/C20H23ClN2O3/c1-2-3-15-4-10-18(11-5-15)26-14-19(24)22-12-13-23-20(25)16-6-8-17(21)9-7-16/h4-11H,2-3,12-14H2,1H3,(H,22,24)(H,23,25). The van der Waals surface area contributed by atoms with Crippen LogP contribution in [0.25, 0.3) is 0 Å². The number of benzene rings is 2. The Labute approximate surface area is 158 Å². The fraction of sp³-hybridized carbons (Fsp3) is 0.300. The summed E-state index contributed by atoms with van der Waals surface area (Å²) in [5, 5.41) is 6.01. The fourth-order valence-electron chi connectivity index (χ4n) is 2.32. The van der Waals surface area contributed by atoms with E-state index in [2.05, 4.69) is 17.6 Å². The molecule has 0 spiro atoms. The Kier molecular flexibility index (Phi) is 7.96. The van der Waals surface area contributed by atoms with Gasteiger partial charge >= 0.3 is 0 Å². The molecule has 2 rings (SSSR count). The van der Waals surface area contributed by atoms with Gasteiger partial charge in [0.05, 0.1) is 0 Å². The number of amides is 2. The second-order valence-electron chi connectivity index (χ2n) is 5.80. The second-order valence-corrected chi connectivity index (χ2v) is 6.23. The van der Waals surface area contributed by atoms with E-state index in [1.807, 2.05) is 24.3 Å². The van der Waals surface area contributed by atoms with E-state index in [4.69, 9.17) is 16.3 Å². The van der Waals surface area contributed by atoms with Crippen LogP contribution in [0.1, 0.15) is 29.3 Å². The SMILES string of the molecule is CCCc1ccc(OCC(=O)NCCNC(=O)c2ccc(Cl)cc2)cc1. The zero-order valence-corrected chi connectivity index (χ0v) is 15.5. The number of nitrogens with one attached hydrogen (secondary N) is 2. The summed E-state index contributed by atoms with van der Waals surface area (Å²) in [6, 6.07) is 14.3. The molecule has 5 nitrogen and oxygen atoms in total. The van der Waals surface area contributed by atoms with E-state index in [9.17, 15) is 9.59 Å². The summed E-state index contributed by atoms with van der Waals surface area (Å²) in [5.74, 6) is 0.221. The maximum absolute atomic E-state index is 11.9. The Morgan fingerprint density at radius 3 is 2.27 bits per heavy atom. The highest BCUT2D eigenvalue weighted by Gasteiger charge is 2.06. The van der Waals surface area contributed by atoms with Crippen molar-refractivity contribution in [3.05, 3.63) is 64.7 Å². The number of rotatable bonds is 9. The van der Waals surface area contributed by atoms with Gasteiger partial charge in [0.2, 0.25) is 0 Å². The van der Waals surface area contributed by atoms with Gasteiger partial charge in [0.25, 0.3) is 11.8 Å². The molecule has 0 bridgehead atoms. The topological polar surface area (TPSA) is 67.4 Å². The molecule has 0 unspecified atom stereocenters. The van der Waals surface area contributed by atoms with Crippen molar-refractivity contribution in [2.24, 2.45) is 0 Å². The summed E-state index contributed by atoms with van der Waals surface area (Å²) in [4.78, 5) is 23.7. The molecule has 26 heavy (non-hydrogen) atoms. The normalized spacial score (nSPS) is 10.2. The molecule has 0 saturated carbocycles. The van der Waals surface area contributed by atoms with Crippen LogP contribution in [0.5, 0.6) is 5.75 Å². The van der Waals surface area contributed by atoms with E-state index >= 15 is 0 Å². The molecule has 2 aromatic rings. The molecule has 0 heterocycles. The van der Waals surface area contributed by atoms with Gasteiger partial charge in [0.1, 0.15) is 5.75 Å². The number of aryl methyl sites for hydroxylation is 1. The van der Waals surface area contributed by atoms with Crippen LogP contribution in [0, 0.1) is 0 Å². The Bertz CT molecular complexity index is 715. The van der Waals surface area contributed by atoms with Gasteiger partial charge in [-0.2, -0.15) is 0 Å². The molecule has 0 aliphatic rings. The lowest BCUT2D eigenvalue weighted by Crippen LogP contribution is -2.36. The lowest BCUT2D eigenvalue weighted by molar-refractivity contribution is -0.123. The average Bonchev–Trinajstić information content (AvgIpc) is 2.65. The average molecular weight is 375 g/mol. The van der Waals surface area contributed by atoms with E-state index in [0.29, 0.717) is 29.4 Å². The number of carbonyl (C=O) groups is 2. The summed E-state index contributed by atoms with van der Waals surface area (Å²) in [5.41, 5.74) is 1.77. The third kappa shape index (κ3) is 6.76. The van der Waals surface area contributed by atoms with Crippen molar-refractivity contribution in [2.75, 3.05) is 19.7 Å². The lowest BCUT2D eigenvalue weighted by atomic mass is 10.1. The monoisotopic (exact) mass is 374 g/mol. The summed E-state index contributed by atoms with van der Waals surface area (Å²) >= 11 is 5.78. The molecule has 0 fully saturated rings. The zero-order chi connectivity index (χ0) is 18.8. The maximum atomic E-state index is 11.9. The van der Waals surface area contributed by atoms with Crippen LogP contribution in [0.4, 0.5) is 0 Å². The van der Waals surface area contributed by atoms with Gasteiger partial charge in [-0.3, -0.25) is 9.59 Å². The van der Waals surface area contributed by atoms with Crippen molar-refractivity contribution < 1.29 is 14.3 Å². The molecule has 0 saturated heterocycles. The van der Waals surface area contributed by atoms with Crippen molar-refractivity contribution in [3.8, 4) is 5.75 Å². The highest BCUT2D eigenvalue weighted by molar-refractivity contribution is 6.30. The van der Waals surface area contributed by atoms with Crippen LogP contribution in [0.15, 0.2) is 48.5 Å². The smallest absolute Gasteiger partial charge is 0.258 e. The summed E-state index contributed by atoms with van der Waals surface area (Å²) in [6.07, 6.45) is 2.12. The van der Waals surface area contributed by atoms with Crippen LogP contribution >= 0.6 is 11.6 Å². The third-order valence-electron chi connectivity index (χ3n) is 3.67. The molecule has 0 aromatic heterocycles. The first-order valence-corrected chi connectivity index (χ1v) is 8.98. The van der Waals surface area contributed by atoms with Gasteiger partial charge in [-0.25, -0.2) is 0 Å². The number of carbonyl (C=O) groups excluding carboxylic acids is 2. The minimum absolute atomic E-state index is 0.0573. The van der Waals surface area contributed by atoms with Crippen molar-refractivity contribution >= 4 is 23.4 Å². The summed E-state index contributed by atoms with van der Waals surface area (Å²) < 4.78 is 5.45. The quantitative estimate of drug-likeness (QED) is 0.662. The fourth-order valence-corrected chi connectivity index (χ4v) is 2.45. The van der Waals surface area contributed by atoms with E-state index < -0.39 is 0 Å². The molecule has 2 aromatic carbocycles. The van der Waals surface area contributed by atoms with Crippen LogP contribution in [0.2, 0.25) is 5.02 Å².